The second-order valence-electron chi connectivity index (χ2n) is 6.79. The Hall–Kier alpha value is -2.15. The summed E-state index contributed by atoms with van der Waals surface area (Å²) in [6.07, 6.45) is -9.01. The average Bonchev–Trinajstić information content (AvgIpc) is 3.37. The lowest BCUT2D eigenvalue weighted by atomic mass is 10.2. The first kappa shape index (κ1) is 21.6. The molecule has 1 amide bonds. The van der Waals surface area contributed by atoms with E-state index >= 15 is 0 Å². The molecule has 0 atom stereocenters. The maximum atomic E-state index is 12.6. The fourth-order valence-electron chi connectivity index (χ4n) is 3.17. The molecule has 160 valence electrons. The highest BCUT2D eigenvalue weighted by molar-refractivity contribution is 7.16. The molecule has 0 aromatic carbocycles. The minimum Gasteiger partial charge on any atom is -0.326 e. The van der Waals surface area contributed by atoms with Crippen molar-refractivity contribution in [3.63, 3.8) is 0 Å². The Balaban J connectivity index is 1.67. The van der Waals surface area contributed by atoms with Crippen LogP contribution in [0.2, 0.25) is 0 Å². The number of amides is 1. The Morgan fingerprint density at radius 3 is 2.00 bits per heavy atom. The average molecular weight is 445 g/mol. The third-order valence-corrected chi connectivity index (χ3v) is 5.86. The van der Waals surface area contributed by atoms with Crippen LogP contribution in [0.3, 0.4) is 0 Å². The van der Waals surface area contributed by atoms with E-state index in [1.54, 1.807) is 0 Å². The van der Waals surface area contributed by atoms with Crippen molar-refractivity contribution in [2.75, 3.05) is 26.2 Å². The highest BCUT2D eigenvalue weighted by Gasteiger charge is 2.55. The van der Waals surface area contributed by atoms with Gasteiger partial charge in [-0.3, -0.25) is 14.4 Å². The third kappa shape index (κ3) is 4.55. The van der Waals surface area contributed by atoms with Gasteiger partial charge in [0.1, 0.15) is 19.1 Å². The zero-order valence-corrected chi connectivity index (χ0v) is 15.5. The van der Waals surface area contributed by atoms with Crippen LogP contribution in [-0.2, 0) is 9.63 Å². The summed E-state index contributed by atoms with van der Waals surface area (Å²) in [6, 6.07) is 1.75. The number of alkyl halides is 6. The number of ketones is 1. The van der Waals surface area contributed by atoms with Crippen molar-refractivity contribution in [3.05, 3.63) is 21.9 Å². The van der Waals surface area contributed by atoms with E-state index in [2.05, 4.69) is 0 Å². The van der Waals surface area contributed by atoms with E-state index < -0.39 is 39.5 Å². The van der Waals surface area contributed by atoms with E-state index in [4.69, 9.17) is 4.84 Å². The summed E-state index contributed by atoms with van der Waals surface area (Å²) in [5, 5.41) is 0. The zero-order valence-electron chi connectivity index (χ0n) is 14.7. The first-order valence-corrected chi connectivity index (χ1v) is 9.33. The van der Waals surface area contributed by atoms with Crippen LogP contribution in [0.4, 0.5) is 26.3 Å². The Labute approximate surface area is 164 Å². The Morgan fingerprint density at radius 2 is 1.52 bits per heavy atom. The van der Waals surface area contributed by atoms with E-state index in [0.29, 0.717) is 24.2 Å². The molecule has 3 rings (SSSR count). The summed E-state index contributed by atoms with van der Waals surface area (Å²) in [5.74, 6) is -4.98. The van der Waals surface area contributed by atoms with Crippen LogP contribution >= 0.6 is 11.3 Å². The zero-order chi connectivity index (χ0) is 21.6. The number of thiophene rings is 1. The topological polar surface area (TPSA) is 63.7 Å². The van der Waals surface area contributed by atoms with Gasteiger partial charge >= 0.3 is 18.3 Å². The monoisotopic (exact) mass is 445 g/mol. The second kappa shape index (κ2) is 7.27. The quantitative estimate of drug-likeness (QED) is 0.406. The Kier molecular flexibility index (Phi) is 5.41. The van der Waals surface area contributed by atoms with E-state index in [1.807, 2.05) is 0 Å². The summed E-state index contributed by atoms with van der Waals surface area (Å²) >= 11 is 0.402. The van der Waals surface area contributed by atoms with Gasteiger partial charge in [0.15, 0.2) is 0 Å². The smallest absolute Gasteiger partial charge is 0.326 e. The summed E-state index contributed by atoms with van der Waals surface area (Å²) < 4.78 is 74.7. The van der Waals surface area contributed by atoms with E-state index in [0.717, 1.165) is 12.1 Å². The van der Waals surface area contributed by atoms with Gasteiger partial charge < -0.3 is 4.90 Å². The van der Waals surface area contributed by atoms with Crippen LogP contribution in [0.1, 0.15) is 32.2 Å². The van der Waals surface area contributed by atoms with Gasteiger partial charge in [0.05, 0.1) is 22.8 Å². The molecule has 1 aromatic rings. The Morgan fingerprint density at radius 1 is 0.966 bits per heavy atom. The first-order valence-electron chi connectivity index (χ1n) is 8.52. The largest absolute Gasteiger partial charge is 0.497 e. The molecule has 2 heterocycles. The molecule has 0 unspecified atom stereocenters. The lowest BCUT2D eigenvalue weighted by Crippen LogP contribution is -2.63. The molecule has 1 aliphatic heterocycles. The second-order valence-corrected chi connectivity index (χ2v) is 7.87. The lowest BCUT2D eigenvalue weighted by Gasteiger charge is -2.41. The van der Waals surface area contributed by atoms with Crippen molar-refractivity contribution in [1.82, 2.24) is 4.90 Å². The number of carbonyl (C=O) groups is 3. The molecule has 1 saturated heterocycles. The van der Waals surface area contributed by atoms with Crippen molar-refractivity contribution in [1.29, 1.82) is 0 Å². The standard InChI is InChI=1S/C16H15F6N2O4S/c17-15(18,19)12(25)10-3-4-11(29-10)13(26)23-5-7-24(8-6-23,9-1-2-9)28-14(27)16(20,21)22/h3-4,9H,1-2,5-8H2/q+1. The Bertz CT molecular complexity index is 822. The lowest BCUT2D eigenvalue weighted by molar-refractivity contribution is -1.10. The molecule has 6 nitrogen and oxygen atoms in total. The number of hydroxylamine groups is 3. The van der Waals surface area contributed by atoms with E-state index in [1.165, 1.54) is 4.90 Å². The molecular weight excluding hydrogens is 430 g/mol. The van der Waals surface area contributed by atoms with E-state index in [9.17, 15) is 40.7 Å². The summed E-state index contributed by atoms with van der Waals surface area (Å²) in [4.78, 5) is 40.3. The first-order chi connectivity index (χ1) is 13.3. The van der Waals surface area contributed by atoms with Crippen molar-refractivity contribution in [3.8, 4) is 0 Å². The number of nitrogens with zero attached hydrogens (tertiary/aromatic N) is 2. The van der Waals surface area contributed by atoms with Crippen molar-refractivity contribution >= 4 is 29.0 Å². The molecule has 0 bridgehead atoms. The normalized spacial score (nSPS) is 19.7. The molecule has 2 aliphatic rings. The molecule has 2 fully saturated rings. The van der Waals surface area contributed by atoms with Crippen LogP contribution in [0, 0.1) is 0 Å². The third-order valence-electron chi connectivity index (χ3n) is 4.79. The van der Waals surface area contributed by atoms with Gasteiger partial charge in [-0.05, 0) is 12.1 Å². The number of Topliss-reactive ketones (excluding diaryl/α,β-unsaturated/α-hetero) is 1. The van der Waals surface area contributed by atoms with Gasteiger partial charge in [0.2, 0.25) is 0 Å². The number of carbonyl (C=O) groups excluding carboxylic acids is 3. The summed E-state index contributed by atoms with van der Waals surface area (Å²) in [5.41, 5.74) is 0. The van der Waals surface area contributed by atoms with Gasteiger partial charge in [-0.1, -0.05) is 0 Å². The van der Waals surface area contributed by atoms with Gasteiger partial charge in [-0.2, -0.15) is 26.3 Å². The number of halogens is 6. The van der Waals surface area contributed by atoms with Crippen LogP contribution < -0.4 is 0 Å². The van der Waals surface area contributed by atoms with Crippen LogP contribution in [0.25, 0.3) is 0 Å². The van der Waals surface area contributed by atoms with E-state index in [-0.39, 0.29) is 37.1 Å². The fourth-order valence-corrected chi connectivity index (χ4v) is 4.10. The summed E-state index contributed by atoms with van der Waals surface area (Å²) in [7, 11) is 0. The van der Waals surface area contributed by atoms with Crippen molar-refractivity contribution < 1.29 is 50.2 Å². The molecule has 1 aliphatic carbocycles. The number of hydrogen-bond donors (Lipinski definition) is 0. The fraction of sp³-hybridized carbons (Fsp3) is 0.562. The maximum Gasteiger partial charge on any atom is 0.497 e. The van der Waals surface area contributed by atoms with Gasteiger partial charge in [0, 0.05) is 12.8 Å². The predicted molar refractivity (Wildman–Crippen MR) is 85.8 cm³/mol. The highest BCUT2D eigenvalue weighted by atomic mass is 32.1. The molecule has 13 heteroatoms. The molecule has 1 saturated carbocycles. The minimum absolute atomic E-state index is 0.0408. The minimum atomic E-state index is -5.13. The maximum absolute atomic E-state index is 12.6. The SMILES string of the molecule is O=C(c1ccc(C(=O)C(F)(F)F)s1)N1CC[N+](OC(=O)C(F)(F)F)(C2CC2)CC1. The molecule has 1 aromatic heterocycles. The van der Waals surface area contributed by atoms with Gasteiger partial charge in [-0.25, -0.2) is 4.79 Å². The van der Waals surface area contributed by atoms with Gasteiger partial charge in [-0.15, -0.1) is 16.0 Å². The van der Waals surface area contributed by atoms with Crippen LogP contribution in [0.5, 0.6) is 0 Å². The molecule has 0 N–H and O–H groups in total. The van der Waals surface area contributed by atoms with Crippen molar-refractivity contribution in [2.24, 2.45) is 0 Å². The van der Waals surface area contributed by atoms with Crippen LogP contribution in [-0.4, -0.2) is 71.8 Å². The van der Waals surface area contributed by atoms with Gasteiger partial charge in [0.25, 0.3) is 11.7 Å². The summed E-state index contributed by atoms with van der Waals surface area (Å²) in [6.45, 7) is -0.197. The number of quaternary nitrogens is 1. The predicted octanol–water partition coefficient (Wildman–Crippen LogP) is 2.95. The highest BCUT2D eigenvalue weighted by Crippen LogP contribution is 2.37. The molecular formula is C16H15F6N2O4S+. The van der Waals surface area contributed by atoms with Crippen molar-refractivity contribution in [2.45, 2.75) is 31.2 Å². The molecule has 29 heavy (non-hydrogen) atoms. The molecule has 0 spiro atoms. The number of piperazine rings is 1. The number of rotatable bonds is 4. The molecule has 0 radical (unpaired) electrons. The number of hydrogen-bond acceptors (Lipinski definition) is 5. The van der Waals surface area contributed by atoms with Crippen LogP contribution in [0.15, 0.2) is 12.1 Å².